The van der Waals surface area contributed by atoms with E-state index in [4.69, 9.17) is 27.9 Å². The fourth-order valence-corrected chi connectivity index (χ4v) is 0.807. The van der Waals surface area contributed by atoms with E-state index < -0.39 is 10.8 Å². The molecule has 0 atom stereocenters. The van der Waals surface area contributed by atoms with E-state index >= 15 is 0 Å². The zero-order valence-electron chi connectivity index (χ0n) is 5.35. The van der Waals surface area contributed by atoms with Gasteiger partial charge in [-0.05, 0) is 19.3 Å². The predicted octanol–water partition coefficient (Wildman–Crippen LogP) is 1.89. The molecule has 0 radical (unpaired) electrons. The van der Waals surface area contributed by atoms with Crippen molar-refractivity contribution < 1.29 is 9.53 Å². The normalized spacial score (nSPS) is 18.7. The number of carbonyl (C=O) groups excluding carboxylic acids is 1. The van der Waals surface area contributed by atoms with E-state index in [1.807, 2.05) is 0 Å². The fraction of sp³-hybridized carbons (Fsp3) is 0.833. The maximum absolute atomic E-state index is 10.7. The van der Waals surface area contributed by atoms with Gasteiger partial charge in [0.05, 0.1) is 0 Å². The minimum Gasteiger partial charge on any atom is -0.460 e. The monoisotopic (exact) mass is 182 g/mol. The molecule has 0 bridgehead atoms. The first-order chi connectivity index (χ1) is 4.70. The summed E-state index contributed by atoms with van der Waals surface area (Å²) in [6.07, 6.45) is 3.11. The average molecular weight is 183 g/mol. The number of ether oxygens (including phenoxy) is 1. The average Bonchev–Trinajstić information content (AvgIpc) is 1.77. The van der Waals surface area contributed by atoms with Crippen LogP contribution in [0.5, 0.6) is 0 Å². The summed E-state index contributed by atoms with van der Waals surface area (Å²) in [6.45, 7) is 0. The van der Waals surface area contributed by atoms with Crippen LogP contribution in [-0.4, -0.2) is 16.9 Å². The second kappa shape index (κ2) is 3.44. The fourth-order valence-electron chi connectivity index (χ4n) is 0.704. The molecule has 0 unspecified atom stereocenters. The Kier molecular flexibility index (Phi) is 2.81. The minimum atomic E-state index is -1.03. The van der Waals surface area contributed by atoms with Crippen molar-refractivity contribution in [3.8, 4) is 0 Å². The Bertz CT molecular complexity index is 132. The number of carbonyl (C=O) groups is 1. The van der Waals surface area contributed by atoms with Crippen molar-refractivity contribution in [3.63, 3.8) is 0 Å². The molecule has 0 heterocycles. The van der Waals surface area contributed by atoms with E-state index in [1.165, 1.54) is 0 Å². The van der Waals surface area contributed by atoms with Crippen LogP contribution in [0.2, 0.25) is 0 Å². The maximum Gasteiger partial charge on any atom is 0.339 e. The van der Waals surface area contributed by atoms with Crippen LogP contribution in [0.3, 0.4) is 0 Å². The molecule has 1 fully saturated rings. The van der Waals surface area contributed by atoms with Crippen molar-refractivity contribution in [2.75, 3.05) is 0 Å². The lowest BCUT2D eigenvalue weighted by molar-refractivity contribution is -0.150. The molecule has 1 aliphatic carbocycles. The highest BCUT2D eigenvalue weighted by Gasteiger charge is 2.24. The summed E-state index contributed by atoms with van der Waals surface area (Å²) >= 11 is 10.5. The number of halogens is 2. The van der Waals surface area contributed by atoms with Gasteiger partial charge in [0.1, 0.15) is 6.10 Å². The molecule has 1 rings (SSSR count). The Labute approximate surface area is 69.4 Å². The Balaban J connectivity index is 2.17. The van der Waals surface area contributed by atoms with Crippen molar-refractivity contribution in [1.29, 1.82) is 0 Å². The van der Waals surface area contributed by atoms with Crippen LogP contribution in [0.15, 0.2) is 0 Å². The third kappa shape index (κ3) is 2.03. The smallest absolute Gasteiger partial charge is 0.339 e. The summed E-state index contributed by atoms with van der Waals surface area (Å²) < 4.78 is 4.84. The molecule has 58 valence electrons. The highest BCUT2D eigenvalue weighted by Crippen LogP contribution is 2.23. The molecule has 0 aromatic rings. The van der Waals surface area contributed by atoms with Gasteiger partial charge in [-0.15, -0.1) is 0 Å². The summed E-state index contributed by atoms with van der Waals surface area (Å²) in [6, 6.07) is 0. The molecule has 2 nitrogen and oxygen atoms in total. The summed E-state index contributed by atoms with van der Waals surface area (Å²) in [7, 11) is 0. The van der Waals surface area contributed by atoms with Crippen LogP contribution >= 0.6 is 23.2 Å². The SMILES string of the molecule is O=C(OC1CCC1)C(Cl)Cl. The van der Waals surface area contributed by atoms with Crippen LogP contribution in [-0.2, 0) is 9.53 Å². The lowest BCUT2D eigenvalue weighted by Crippen LogP contribution is -2.27. The second-order valence-electron chi connectivity index (χ2n) is 2.29. The molecule has 1 saturated carbocycles. The standard InChI is InChI=1S/C6H8Cl2O2/c7-5(8)6(9)10-4-2-1-3-4/h4-5H,1-3H2. The second-order valence-corrected chi connectivity index (χ2v) is 3.39. The molecule has 0 aromatic carbocycles. The molecule has 4 heteroatoms. The topological polar surface area (TPSA) is 26.3 Å². The number of hydrogen-bond donors (Lipinski definition) is 0. The van der Waals surface area contributed by atoms with E-state index in [9.17, 15) is 4.79 Å². The summed E-state index contributed by atoms with van der Waals surface area (Å²) in [5.41, 5.74) is 0. The van der Waals surface area contributed by atoms with Crippen LogP contribution < -0.4 is 0 Å². The summed E-state index contributed by atoms with van der Waals surface area (Å²) in [5.74, 6) is -0.520. The maximum atomic E-state index is 10.7. The van der Waals surface area contributed by atoms with Crippen LogP contribution in [0.1, 0.15) is 19.3 Å². The van der Waals surface area contributed by atoms with E-state index in [0.29, 0.717) is 0 Å². The zero-order valence-corrected chi connectivity index (χ0v) is 6.86. The Morgan fingerprint density at radius 1 is 1.50 bits per heavy atom. The summed E-state index contributed by atoms with van der Waals surface area (Å²) in [4.78, 5) is 9.63. The first-order valence-electron chi connectivity index (χ1n) is 3.19. The first kappa shape index (κ1) is 8.15. The van der Waals surface area contributed by atoms with Crippen molar-refractivity contribution in [2.45, 2.75) is 30.2 Å². The van der Waals surface area contributed by atoms with Crippen molar-refractivity contribution in [2.24, 2.45) is 0 Å². The highest BCUT2D eigenvalue weighted by atomic mass is 35.5. The van der Waals surface area contributed by atoms with Gasteiger partial charge in [0.25, 0.3) is 0 Å². The van der Waals surface area contributed by atoms with Gasteiger partial charge in [-0.3, -0.25) is 0 Å². The number of rotatable bonds is 2. The van der Waals surface area contributed by atoms with Crippen LogP contribution in [0.4, 0.5) is 0 Å². The van der Waals surface area contributed by atoms with Crippen LogP contribution in [0, 0.1) is 0 Å². The summed E-state index contributed by atoms with van der Waals surface area (Å²) in [5, 5.41) is 0. The number of alkyl halides is 2. The zero-order chi connectivity index (χ0) is 7.56. The molecule has 0 aliphatic heterocycles. The van der Waals surface area contributed by atoms with Crippen molar-refractivity contribution in [1.82, 2.24) is 0 Å². The van der Waals surface area contributed by atoms with E-state index in [0.717, 1.165) is 19.3 Å². The van der Waals surface area contributed by atoms with Gasteiger partial charge in [-0.2, -0.15) is 0 Å². The molecule has 0 saturated heterocycles. The largest absolute Gasteiger partial charge is 0.460 e. The number of esters is 1. The molecular formula is C6H8Cl2O2. The van der Waals surface area contributed by atoms with Gasteiger partial charge in [-0.25, -0.2) is 4.79 Å². The lowest BCUT2D eigenvalue weighted by Gasteiger charge is -2.25. The van der Waals surface area contributed by atoms with E-state index in [-0.39, 0.29) is 6.10 Å². The van der Waals surface area contributed by atoms with Gasteiger partial charge >= 0.3 is 5.97 Å². The molecule has 0 spiro atoms. The quantitative estimate of drug-likeness (QED) is 0.482. The third-order valence-corrected chi connectivity index (χ3v) is 1.87. The molecule has 0 N–H and O–H groups in total. The van der Waals surface area contributed by atoms with E-state index in [1.54, 1.807) is 0 Å². The highest BCUT2D eigenvalue weighted by molar-refractivity contribution is 6.52. The Morgan fingerprint density at radius 3 is 2.40 bits per heavy atom. The third-order valence-electron chi connectivity index (χ3n) is 1.51. The Hall–Kier alpha value is 0.0500. The van der Waals surface area contributed by atoms with Gasteiger partial charge in [0.15, 0.2) is 0 Å². The van der Waals surface area contributed by atoms with Gasteiger partial charge in [-0.1, -0.05) is 23.2 Å². The van der Waals surface area contributed by atoms with Crippen molar-refractivity contribution >= 4 is 29.2 Å². The predicted molar refractivity (Wildman–Crippen MR) is 39.2 cm³/mol. The van der Waals surface area contributed by atoms with E-state index in [2.05, 4.69) is 0 Å². The molecule has 0 amide bonds. The molecular weight excluding hydrogens is 175 g/mol. The molecule has 10 heavy (non-hydrogen) atoms. The minimum absolute atomic E-state index is 0.0764. The van der Waals surface area contributed by atoms with Gasteiger partial charge < -0.3 is 4.74 Å². The molecule has 0 aromatic heterocycles. The lowest BCUT2D eigenvalue weighted by atomic mass is 9.96. The number of hydrogen-bond acceptors (Lipinski definition) is 2. The molecule has 1 aliphatic rings. The van der Waals surface area contributed by atoms with Crippen LogP contribution in [0.25, 0.3) is 0 Å². The Morgan fingerprint density at radius 2 is 2.10 bits per heavy atom. The van der Waals surface area contributed by atoms with Crippen molar-refractivity contribution in [3.05, 3.63) is 0 Å². The first-order valence-corrected chi connectivity index (χ1v) is 4.06. The van der Waals surface area contributed by atoms with Gasteiger partial charge in [0.2, 0.25) is 4.84 Å². The van der Waals surface area contributed by atoms with Gasteiger partial charge in [0, 0.05) is 0 Å².